The van der Waals surface area contributed by atoms with Gasteiger partial charge < -0.3 is 0 Å². The molecule has 0 unspecified atom stereocenters. The third kappa shape index (κ3) is 2.34. The summed E-state index contributed by atoms with van der Waals surface area (Å²) in [6.07, 6.45) is 2.12. The highest BCUT2D eigenvalue weighted by Gasteiger charge is 2.03. The van der Waals surface area contributed by atoms with Gasteiger partial charge in [0.1, 0.15) is 0 Å². The van der Waals surface area contributed by atoms with E-state index in [1.54, 1.807) is 0 Å². The summed E-state index contributed by atoms with van der Waals surface area (Å²) < 4.78 is 2.02. The smallest absolute Gasteiger partial charge is 0.0634 e. The lowest BCUT2D eigenvalue weighted by molar-refractivity contribution is 0.481. The Morgan fingerprint density at radius 1 is 1.58 bits per heavy atom. The molecule has 1 rings (SSSR count). The van der Waals surface area contributed by atoms with Crippen molar-refractivity contribution in [3.05, 3.63) is 17.5 Å². The van der Waals surface area contributed by atoms with Crippen LogP contribution in [0.3, 0.4) is 0 Å². The summed E-state index contributed by atoms with van der Waals surface area (Å²) in [5, 5.41) is 5.31. The number of halogens is 1. The molecule has 0 fully saturated rings. The number of hydrogen-bond donors (Lipinski definition) is 0. The van der Waals surface area contributed by atoms with Crippen LogP contribution in [0.25, 0.3) is 0 Å². The van der Waals surface area contributed by atoms with Crippen molar-refractivity contribution in [2.75, 3.05) is 0 Å². The van der Waals surface area contributed by atoms with Gasteiger partial charge in [-0.25, -0.2) is 0 Å². The van der Waals surface area contributed by atoms with E-state index >= 15 is 0 Å². The van der Waals surface area contributed by atoms with Crippen LogP contribution in [0, 0.1) is 12.8 Å². The van der Waals surface area contributed by atoms with Gasteiger partial charge in [0.15, 0.2) is 0 Å². The summed E-state index contributed by atoms with van der Waals surface area (Å²) in [6, 6.07) is 0. The maximum absolute atomic E-state index is 4.41. The second-order valence-corrected chi connectivity index (χ2v) is 4.05. The first kappa shape index (κ1) is 9.78. The predicted molar refractivity (Wildman–Crippen MR) is 54.4 cm³/mol. The van der Waals surface area contributed by atoms with Crippen molar-refractivity contribution < 1.29 is 0 Å². The lowest BCUT2D eigenvalue weighted by Crippen LogP contribution is -2.04. The van der Waals surface area contributed by atoms with E-state index in [1.165, 1.54) is 5.56 Å². The fraction of sp³-hybridized carbons (Fsp3) is 0.667. The van der Waals surface area contributed by atoms with Crippen LogP contribution in [-0.4, -0.2) is 9.78 Å². The Balaban J connectivity index is 2.75. The number of hydrogen-bond acceptors (Lipinski definition) is 1. The molecule has 68 valence electrons. The zero-order valence-electron chi connectivity index (χ0n) is 7.84. The van der Waals surface area contributed by atoms with Gasteiger partial charge in [-0.1, -0.05) is 29.8 Å². The molecule has 0 atom stereocenters. The maximum atomic E-state index is 4.41. The van der Waals surface area contributed by atoms with Gasteiger partial charge in [-0.05, 0) is 12.8 Å². The molecule has 3 heteroatoms. The monoisotopic (exact) mass is 230 g/mol. The van der Waals surface area contributed by atoms with Gasteiger partial charge in [-0.15, -0.1) is 0 Å². The summed E-state index contributed by atoms with van der Waals surface area (Å²) in [5.41, 5.74) is 2.42. The van der Waals surface area contributed by atoms with E-state index in [-0.39, 0.29) is 0 Å². The van der Waals surface area contributed by atoms with Crippen LogP contribution in [0.15, 0.2) is 6.20 Å². The van der Waals surface area contributed by atoms with Crippen LogP contribution in [0.4, 0.5) is 0 Å². The fourth-order valence-electron chi connectivity index (χ4n) is 1.16. The van der Waals surface area contributed by atoms with Gasteiger partial charge in [-0.3, -0.25) is 4.68 Å². The van der Waals surface area contributed by atoms with Crippen molar-refractivity contribution in [1.82, 2.24) is 9.78 Å². The first-order chi connectivity index (χ1) is 5.63. The van der Waals surface area contributed by atoms with Crippen molar-refractivity contribution in [2.45, 2.75) is 32.6 Å². The Kier molecular flexibility index (Phi) is 3.32. The van der Waals surface area contributed by atoms with Crippen molar-refractivity contribution in [2.24, 2.45) is 5.92 Å². The van der Waals surface area contributed by atoms with E-state index in [0.29, 0.717) is 5.92 Å². The van der Waals surface area contributed by atoms with E-state index in [2.05, 4.69) is 41.1 Å². The summed E-state index contributed by atoms with van der Waals surface area (Å²) in [5.74, 6) is 0.660. The minimum Gasteiger partial charge on any atom is -0.272 e. The molecule has 0 bridgehead atoms. The average Bonchev–Trinajstić information content (AvgIpc) is 2.29. The Hall–Kier alpha value is -0.310. The molecule has 12 heavy (non-hydrogen) atoms. The van der Waals surface area contributed by atoms with E-state index in [9.17, 15) is 0 Å². The number of alkyl halides is 1. The first-order valence-electron chi connectivity index (χ1n) is 4.22. The predicted octanol–water partition coefficient (Wildman–Crippen LogP) is 2.74. The van der Waals surface area contributed by atoms with Gasteiger partial charge in [0, 0.05) is 23.6 Å². The second-order valence-electron chi connectivity index (χ2n) is 3.49. The van der Waals surface area contributed by atoms with Crippen LogP contribution in [0.2, 0.25) is 0 Å². The van der Waals surface area contributed by atoms with Gasteiger partial charge in [0.2, 0.25) is 0 Å². The molecule has 0 spiro atoms. The average molecular weight is 231 g/mol. The normalized spacial score (nSPS) is 11.1. The highest BCUT2D eigenvalue weighted by molar-refractivity contribution is 9.08. The Morgan fingerprint density at radius 3 is 2.67 bits per heavy atom. The quantitative estimate of drug-likeness (QED) is 0.731. The molecule has 0 aliphatic carbocycles. The van der Waals surface area contributed by atoms with Crippen LogP contribution in [0.5, 0.6) is 0 Å². The largest absolute Gasteiger partial charge is 0.272 e. The zero-order valence-corrected chi connectivity index (χ0v) is 9.43. The zero-order chi connectivity index (χ0) is 9.14. The molecule has 0 saturated carbocycles. The third-order valence-electron chi connectivity index (χ3n) is 1.74. The summed E-state index contributed by atoms with van der Waals surface area (Å²) in [4.78, 5) is 0. The van der Waals surface area contributed by atoms with E-state index in [4.69, 9.17) is 0 Å². The molecule has 0 aromatic carbocycles. The van der Waals surface area contributed by atoms with Crippen molar-refractivity contribution in [3.8, 4) is 0 Å². The Morgan fingerprint density at radius 2 is 2.25 bits per heavy atom. The van der Waals surface area contributed by atoms with Crippen LogP contribution >= 0.6 is 15.9 Å². The van der Waals surface area contributed by atoms with Crippen LogP contribution < -0.4 is 0 Å². The van der Waals surface area contributed by atoms with E-state index in [1.807, 2.05) is 11.6 Å². The number of rotatable bonds is 3. The molecule has 1 aromatic rings. The standard InChI is InChI=1S/C9H15BrN2/c1-7(2)5-12-6-9(4-10)8(3)11-12/h6-7H,4-5H2,1-3H3. The summed E-state index contributed by atoms with van der Waals surface area (Å²) in [7, 11) is 0. The minimum absolute atomic E-state index is 0.660. The molecule has 0 saturated heterocycles. The third-order valence-corrected chi connectivity index (χ3v) is 2.35. The molecule has 2 nitrogen and oxygen atoms in total. The molecule has 0 aliphatic heterocycles. The van der Waals surface area contributed by atoms with Gasteiger partial charge in [0.25, 0.3) is 0 Å². The van der Waals surface area contributed by atoms with Gasteiger partial charge in [-0.2, -0.15) is 5.10 Å². The molecule has 1 aromatic heterocycles. The van der Waals surface area contributed by atoms with Crippen LogP contribution in [0.1, 0.15) is 25.1 Å². The van der Waals surface area contributed by atoms with Crippen LogP contribution in [-0.2, 0) is 11.9 Å². The highest BCUT2D eigenvalue weighted by atomic mass is 79.9. The van der Waals surface area contributed by atoms with Gasteiger partial charge in [0.05, 0.1) is 5.69 Å². The first-order valence-corrected chi connectivity index (χ1v) is 5.34. The summed E-state index contributed by atoms with van der Waals surface area (Å²) in [6.45, 7) is 7.46. The molecular weight excluding hydrogens is 216 g/mol. The Bertz CT molecular complexity index is 253. The molecule has 0 aliphatic rings. The molecule has 0 N–H and O–H groups in total. The van der Waals surface area contributed by atoms with E-state index in [0.717, 1.165) is 17.6 Å². The van der Waals surface area contributed by atoms with Crippen molar-refractivity contribution >= 4 is 15.9 Å². The molecule has 0 amide bonds. The highest BCUT2D eigenvalue weighted by Crippen LogP contribution is 2.10. The van der Waals surface area contributed by atoms with Crippen molar-refractivity contribution in [3.63, 3.8) is 0 Å². The van der Waals surface area contributed by atoms with E-state index < -0.39 is 0 Å². The number of nitrogens with zero attached hydrogens (tertiary/aromatic N) is 2. The van der Waals surface area contributed by atoms with Gasteiger partial charge >= 0.3 is 0 Å². The topological polar surface area (TPSA) is 17.8 Å². The maximum Gasteiger partial charge on any atom is 0.0634 e. The molecular formula is C9H15BrN2. The SMILES string of the molecule is Cc1nn(CC(C)C)cc1CBr. The molecule has 1 heterocycles. The summed E-state index contributed by atoms with van der Waals surface area (Å²) >= 11 is 3.43. The Labute approximate surface area is 82.1 Å². The number of aryl methyl sites for hydroxylation is 1. The second kappa shape index (κ2) is 4.08. The molecule has 0 radical (unpaired) electrons. The number of aromatic nitrogens is 2. The minimum atomic E-state index is 0.660. The fourth-order valence-corrected chi connectivity index (χ4v) is 1.71. The lowest BCUT2D eigenvalue weighted by atomic mass is 10.2. The van der Waals surface area contributed by atoms with Crippen molar-refractivity contribution in [1.29, 1.82) is 0 Å². The lowest BCUT2D eigenvalue weighted by Gasteiger charge is -2.03.